The van der Waals surface area contributed by atoms with Crippen molar-refractivity contribution in [2.24, 2.45) is 4.99 Å². The minimum absolute atomic E-state index is 0.441. The highest BCUT2D eigenvalue weighted by Crippen LogP contribution is 2.27. The third-order valence-electron chi connectivity index (χ3n) is 4.39. The molecule has 1 unspecified atom stereocenters. The third-order valence-corrected chi connectivity index (χ3v) is 7.41. The molecule has 2 aromatic heterocycles. The van der Waals surface area contributed by atoms with Gasteiger partial charge in [0.2, 0.25) is 0 Å². The molecule has 1 atom stereocenters. The highest BCUT2D eigenvalue weighted by atomic mass is 32.2. The van der Waals surface area contributed by atoms with Gasteiger partial charge in [0.25, 0.3) is 0 Å². The maximum Gasteiger partial charge on any atom is 0.191 e. The van der Waals surface area contributed by atoms with Crippen LogP contribution in [0.4, 0.5) is 0 Å². The zero-order valence-electron chi connectivity index (χ0n) is 15.2. The Labute approximate surface area is 168 Å². The van der Waals surface area contributed by atoms with Crippen molar-refractivity contribution in [3.05, 3.63) is 34.0 Å². The van der Waals surface area contributed by atoms with Gasteiger partial charge in [-0.15, -0.1) is 22.7 Å². The highest BCUT2D eigenvalue weighted by molar-refractivity contribution is 8.00. The number of aromatic nitrogens is 1. The molecule has 0 spiro atoms. The molecular weight excluding hydrogens is 382 g/mol. The standard InChI is InChI=1S/C18H27N5S3/c1-19-17(20-7-5-12-25-18-21-8-13-26-18)22-14-15(16-6-4-11-24-16)23-9-2-3-10-23/h4,6,8,11,13,15H,2-3,5,7,9-10,12,14H2,1H3,(H2,19,20,22). The summed E-state index contributed by atoms with van der Waals surface area (Å²) in [6.45, 7) is 4.22. The molecule has 1 aliphatic rings. The van der Waals surface area contributed by atoms with Gasteiger partial charge < -0.3 is 10.6 Å². The first-order chi connectivity index (χ1) is 12.9. The second kappa shape index (κ2) is 10.9. The summed E-state index contributed by atoms with van der Waals surface area (Å²) < 4.78 is 1.15. The van der Waals surface area contributed by atoms with E-state index in [1.807, 2.05) is 41.7 Å². The van der Waals surface area contributed by atoms with Gasteiger partial charge in [0.15, 0.2) is 5.96 Å². The first-order valence-electron chi connectivity index (χ1n) is 9.11. The highest BCUT2D eigenvalue weighted by Gasteiger charge is 2.24. The van der Waals surface area contributed by atoms with E-state index in [9.17, 15) is 0 Å². The van der Waals surface area contributed by atoms with Crippen molar-refractivity contribution in [1.82, 2.24) is 20.5 Å². The van der Waals surface area contributed by atoms with Crippen LogP contribution in [0.1, 0.15) is 30.2 Å². The maximum absolute atomic E-state index is 4.38. The Kier molecular flexibility index (Phi) is 8.25. The second-order valence-corrected chi connectivity index (χ2v) is 9.37. The van der Waals surface area contributed by atoms with Gasteiger partial charge in [-0.05, 0) is 43.8 Å². The van der Waals surface area contributed by atoms with Gasteiger partial charge in [-0.25, -0.2) is 4.98 Å². The van der Waals surface area contributed by atoms with Crippen LogP contribution in [0.15, 0.2) is 38.4 Å². The lowest BCUT2D eigenvalue weighted by molar-refractivity contribution is 0.249. The number of nitrogens with one attached hydrogen (secondary N) is 2. The molecule has 0 amide bonds. The van der Waals surface area contributed by atoms with Crippen molar-refractivity contribution >= 4 is 40.4 Å². The zero-order valence-corrected chi connectivity index (χ0v) is 17.6. The number of guanidine groups is 1. The molecule has 3 heterocycles. The number of hydrogen-bond donors (Lipinski definition) is 2. The van der Waals surface area contributed by atoms with Crippen LogP contribution < -0.4 is 10.6 Å². The second-order valence-electron chi connectivity index (χ2n) is 6.15. The quantitative estimate of drug-likeness (QED) is 0.286. The average molecular weight is 410 g/mol. The molecule has 1 aliphatic heterocycles. The van der Waals surface area contributed by atoms with E-state index >= 15 is 0 Å². The molecule has 0 bridgehead atoms. The topological polar surface area (TPSA) is 52.6 Å². The normalized spacial score (nSPS) is 16.7. The lowest BCUT2D eigenvalue weighted by atomic mass is 10.2. The molecule has 0 radical (unpaired) electrons. The number of thioether (sulfide) groups is 1. The number of thiazole rings is 1. The summed E-state index contributed by atoms with van der Waals surface area (Å²) in [5, 5.41) is 11.2. The molecule has 2 N–H and O–H groups in total. The number of thiophene rings is 1. The Morgan fingerprint density at radius 2 is 2.19 bits per heavy atom. The first-order valence-corrected chi connectivity index (χ1v) is 11.9. The Balaban J connectivity index is 1.40. The summed E-state index contributed by atoms with van der Waals surface area (Å²) in [5.74, 6) is 1.97. The molecule has 1 saturated heterocycles. The van der Waals surface area contributed by atoms with Gasteiger partial charge >= 0.3 is 0 Å². The van der Waals surface area contributed by atoms with Crippen molar-refractivity contribution < 1.29 is 0 Å². The van der Waals surface area contributed by atoms with Gasteiger partial charge in [-0.2, -0.15) is 0 Å². The Bertz CT molecular complexity index is 636. The van der Waals surface area contributed by atoms with Crippen LogP contribution in [0, 0.1) is 0 Å². The molecule has 0 aromatic carbocycles. The van der Waals surface area contributed by atoms with Gasteiger partial charge in [0.1, 0.15) is 4.34 Å². The third kappa shape index (κ3) is 5.97. The summed E-state index contributed by atoms with van der Waals surface area (Å²) in [4.78, 5) is 12.7. The number of nitrogens with zero attached hydrogens (tertiary/aromatic N) is 3. The fraction of sp³-hybridized carbons (Fsp3) is 0.556. The monoisotopic (exact) mass is 409 g/mol. The average Bonchev–Trinajstić information content (AvgIpc) is 3.43. The van der Waals surface area contributed by atoms with E-state index in [0.717, 1.165) is 35.6 Å². The van der Waals surface area contributed by atoms with E-state index in [-0.39, 0.29) is 0 Å². The number of aliphatic imine (C=N–C) groups is 1. The van der Waals surface area contributed by atoms with Crippen LogP contribution in [0.3, 0.4) is 0 Å². The van der Waals surface area contributed by atoms with Crippen LogP contribution in [-0.2, 0) is 0 Å². The lowest BCUT2D eigenvalue weighted by Crippen LogP contribution is -2.42. The van der Waals surface area contributed by atoms with E-state index in [0.29, 0.717) is 6.04 Å². The SMILES string of the molecule is CN=C(NCCCSc1nccs1)NCC(c1cccs1)N1CCCC1. The number of rotatable bonds is 9. The largest absolute Gasteiger partial charge is 0.356 e. The predicted octanol–water partition coefficient (Wildman–Crippen LogP) is 3.69. The lowest BCUT2D eigenvalue weighted by Gasteiger charge is -2.27. The molecule has 1 fully saturated rings. The van der Waals surface area contributed by atoms with E-state index in [1.165, 1.54) is 30.8 Å². The Morgan fingerprint density at radius 3 is 2.88 bits per heavy atom. The van der Waals surface area contributed by atoms with Crippen molar-refractivity contribution in [3.8, 4) is 0 Å². The van der Waals surface area contributed by atoms with Crippen LogP contribution in [0.2, 0.25) is 0 Å². The summed E-state index contributed by atoms with van der Waals surface area (Å²) in [5.41, 5.74) is 0. The smallest absolute Gasteiger partial charge is 0.191 e. The molecule has 142 valence electrons. The molecule has 5 nitrogen and oxygen atoms in total. The van der Waals surface area contributed by atoms with E-state index in [1.54, 1.807) is 11.3 Å². The van der Waals surface area contributed by atoms with Gasteiger partial charge in [0, 0.05) is 42.3 Å². The van der Waals surface area contributed by atoms with Crippen LogP contribution >= 0.6 is 34.4 Å². The predicted molar refractivity (Wildman–Crippen MR) is 115 cm³/mol. The molecule has 8 heteroatoms. The van der Waals surface area contributed by atoms with E-state index < -0.39 is 0 Å². The Morgan fingerprint density at radius 1 is 1.31 bits per heavy atom. The van der Waals surface area contributed by atoms with Gasteiger partial charge in [-0.1, -0.05) is 17.8 Å². The number of hydrogen-bond acceptors (Lipinski definition) is 6. The van der Waals surface area contributed by atoms with Gasteiger partial charge in [-0.3, -0.25) is 9.89 Å². The molecule has 2 aromatic rings. The minimum Gasteiger partial charge on any atom is -0.356 e. The van der Waals surface area contributed by atoms with Crippen molar-refractivity contribution in [2.45, 2.75) is 29.6 Å². The van der Waals surface area contributed by atoms with E-state index in [2.05, 4.69) is 43.0 Å². The Hall–Kier alpha value is -1.09. The summed E-state index contributed by atoms with van der Waals surface area (Å²) in [6, 6.07) is 4.84. The maximum atomic E-state index is 4.38. The summed E-state index contributed by atoms with van der Waals surface area (Å²) in [6.07, 6.45) is 5.57. The molecule has 26 heavy (non-hydrogen) atoms. The number of likely N-dealkylation sites (tertiary alicyclic amines) is 1. The van der Waals surface area contributed by atoms with Crippen molar-refractivity contribution in [3.63, 3.8) is 0 Å². The van der Waals surface area contributed by atoms with Crippen molar-refractivity contribution in [2.75, 3.05) is 39.0 Å². The minimum atomic E-state index is 0.441. The molecule has 0 saturated carbocycles. The first kappa shape index (κ1) is 19.7. The van der Waals surface area contributed by atoms with Crippen LogP contribution in [0.25, 0.3) is 0 Å². The van der Waals surface area contributed by atoms with E-state index in [4.69, 9.17) is 0 Å². The molecule has 3 rings (SSSR count). The summed E-state index contributed by atoms with van der Waals surface area (Å²) >= 11 is 5.38. The molecule has 0 aliphatic carbocycles. The van der Waals surface area contributed by atoms with Gasteiger partial charge in [0.05, 0.1) is 6.04 Å². The van der Waals surface area contributed by atoms with Crippen LogP contribution in [0.5, 0.6) is 0 Å². The zero-order chi connectivity index (χ0) is 18.0. The summed E-state index contributed by atoms with van der Waals surface area (Å²) in [7, 11) is 1.84. The fourth-order valence-electron chi connectivity index (χ4n) is 3.08. The molecular formula is C18H27N5S3. The van der Waals surface area contributed by atoms with Crippen molar-refractivity contribution in [1.29, 1.82) is 0 Å². The van der Waals surface area contributed by atoms with Crippen LogP contribution in [-0.4, -0.2) is 54.8 Å². The fourth-order valence-corrected chi connectivity index (χ4v) is 5.59.